The molecule has 2 aromatic heterocycles. The summed E-state index contributed by atoms with van der Waals surface area (Å²) in [6.07, 6.45) is 8.88. The molecule has 3 saturated heterocycles. The van der Waals surface area contributed by atoms with E-state index in [-0.39, 0.29) is 30.1 Å². The zero-order valence-electron chi connectivity index (χ0n) is 27.6. The molecular weight excluding hydrogens is 645 g/mol. The lowest BCUT2D eigenvalue weighted by Gasteiger charge is -2.38. The number of pyridine rings is 1. The first-order valence-electron chi connectivity index (χ1n) is 17.2. The first-order valence-corrected chi connectivity index (χ1v) is 17.6. The Morgan fingerprint density at radius 2 is 1.88 bits per heavy atom. The van der Waals surface area contributed by atoms with Crippen LogP contribution >= 0.6 is 11.6 Å². The quantitative estimate of drug-likeness (QED) is 0.168. The Morgan fingerprint density at radius 3 is 2.65 bits per heavy atom. The lowest BCUT2D eigenvalue weighted by molar-refractivity contribution is -0.133. The normalized spacial score (nSPS) is 19.1. The topological polar surface area (TPSA) is 114 Å². The molecule has 5 heterocycles. The summed E-state index contributed by atoms with van der Waals surface area (Å²) in [6.45, 7) is 5.65. The van der Waals surface area contributed by atoms with Gasteiger partial charge >= 0.3 is 6.03 Å². The molecule has 7 rings (SSSR count). The SMILES string of the molecule is CCc1c[nH]c2ncc(-c3cccc(N4CCCN(CCC5CCN(c6ccc(NC7CCC(=O)NC7=O)cc6F)CC5)C4=O)c3)c(Cl)c12. The van der Waals surface area contributed by atoms with Crippen LogP contribution in [0.2, 0.25) is 5.02 Å². The predicted octanol–water partition coefficient (Wildman–Crippen LogP) is 6.74. The minimum Gasteiger partial charge on any atom is -0.374 e. The number of H-pyrrole nitrogens is 1. The van der Waals surface area contributed by atoms with Gasteiger partial charge in [-0.2, -0.15) is 0 Å². The van der Waals surface area contributed by atoms with E-state index in [1.807, 2.05) is 40.3 Å². The van der Waals surface area contributed by atoms with Crippen LogP contribution in [-0.2, 0) is 16.0 Å². The fourth-order valence-electron chi connectivity index (χ4n) is 7.36. The number of imide groups is 1. The minimum absolute atomic E-state index is 0.0208. The van der Waals surface area contributed by atoms with Crippen molar-refractivity contribution in [3.8, 4) is 11.1 Å². The summed E-state index contributed by atoms with van der Waals surface area (Å²) in [5.74, 6) is -0.555. The van der Waals surface area contributed by atoms with Gasteiger partial charge in [-0.15, -0.1) is 0 Å². The Labute approximate surface area is 290 Å². The third-order valence-corrected chi connectivity index (χ3v) is 10.6. The van der Waals surface area contributed by atoms with Gasteiger partial charge in [0.05, 0.1) is 10.7 Å². The molecule has 0 bridgehead atoms. The van der Waals surface area contributed by atoms with Gasteiger partial charge in [-0.05, 0) is 85.9 Å². The number of hydrogen-bond donors (Lipinski definition) is 3. The Balaban J connectivity index is 0.937. The van der Waals surface area contributed by atoms with E-state index in [4.69, 9.17) is 11.6 Å². The summed E-state index contributed by atoms with van der Waals surface area (Å²) in [6, 6.07) is 12.4. The monoisotopic (exact) mass is 685 g/mol. The van der Waals surface area contributed by atoms with E-state index in [2.05, 4.69) is 32.4 Å². The summed E-state index contributed by atoms with van der Waals surface area (Å²) < 4.78 is 15.2. The van der Waals surface area contributed by atoms with Crippen LogP contribution in [0.1, 0.15) is 51.0 Å². The molecule has 12 heteroatoms. The summed E-state index contributed by atoms with van der Waals surface area (Å²) in [5, 5.41) is 6.98. The van der Waals surface area contributed by atoms with Crippen LogP contribution in [-0.4, -0.2) is 71.5 Å². The highest BCUT2D eigenvalue weighted by Crippen LogP contribution is 2.37. The zero-order valence-corrected chi connectivity index (χ0v) is 28.4. The second-order valence-corrected chi connectivity index (χ2v) is 13.6. The predicted molar refractivity (Wildman–Crippen MR) is 191 cm³/mol. The molecule has 3 aliphatic rings. The maximum atomic E-state index is 15.2. The third-order valence-electron chi connectivity index (χ3n) is 10.2. The van der Waals surface area contributed by atoms with Gasteiger partial charge in [0.2, 0.25) is 11.8 Å². The first-order chi connectivity index (χ1) is 23.8. The minimum atomic E-state index is -0.556. The number of carbonyl (C=O) groups excluding carboxylic acids is 3. The van der Waals surface area contributed by atoms with Gasteiger partial charge in [0, 0.05) is 73.9 Å². The number of hydrogen-bond acceptors (Lipinski definition) is 6. The standard InChI is InChI=1S/C37H41ClFN7O3/c1-2-24-21-40-35-33(24)34(38)28(22-41-35)25-5-3-6-27(19-25)46-15-4-14-45(37(46)49)18-13-23-11-16-44(17-12-23)31-9-7-26(20-29(31)39)42-30-8-10-32(47)43-36(30)48/h3,5-7,9,19-23,30,42H,2,4,8,10-18H2,1H3,(H,40,41)(H,43,47,48). The van der Waals surface area contributed by atoms with Crippen LogP contribution in [0.5, 0.6) is 0 Å². The summed E-state index contributed by atoms with van der Waals surface area (Å²) >= 11 is 6.91. The molecule has 0 spiro atoms. The Kier molecular flexibility index (Phi) is 9.44. The number of urea groups is 1. The van der Waals surface area contributed by atoms with Crippen molar-refractivity contribution in [1.29, 1.82) is 0 Å². The van der Waals surface area contributed by atoms with Crippen LogP contribution in [0.25, 0.3) is 22.2 Å². The van der Waals surface area contributed by atoms with Gasteiger partial charge in [-0.25, -0.2) is 14.2 Å². The summed E-state index contributed by atoms with van der Waals surface area (Å²) in [5.41, 5.74) is 5.58. The number of aromatic nitrogens is 2. The number of rotatable bonds is 9. The van der Waals surface area contributed by atoms with Crippen molar-refractivity contribution in [3.05, 3.63) is 71.3 Å². The molecule has 1 atom stereocenters. The van der Waals surface area contributed by atoms with Crippen molar-refractivity contribution in [2.75, 3.05) is 47.8 Å². The number of aromatic amines is 1. The van der Waals surface area contributed by atoms with Crippen LogP contribution < -0.4 is 20.4 Å². The van der Waals surface area contributed by atoms with E-state index in [1.54, 1.807) is 18.3 Å². The van der Waals surface area contributed by atoms with E-state index >= 15 is 4.39 Å². The molecule has 1 unspecified atom stereocenters. The highest BCUT2D eigenvalue weighted by molar-refractivity contribution is 6.38. The van der Waals surface area contributed by atoms with Gasteiger partial charge in [-0.3, -0.25) is 19.8 Å². The van der Waals surface area contributed by atoms with E-state index in [1.165, 1.54) is 6.07 Å². The van der Waals surface area contributed by atoms with E-state index < -0.39 is 6.04 Å². The number of anilines is 3. The smallest absolute Gasteiger partial charge is 0.324 e. The number of piperidine rings is 2. The second kappa shape index (κ2) is 14.1. The van der Waals surface area contributed by atoms with Gasteiger partial charge in [0.25, 0.3) is 0 Å². The molecule has 3 N–H and O–H groups in total. The Morgan fingerprint density at radius 1 is 1.04 bits per heavy atom. The van der Waals surface area contributed by atoms with Crippen molar-refractivity contribution in [2.45, 2.75) is 57.9 Å². The molecule has 49 heavy (non-hydrogen) atoms. The highest BCUT2D eigenvalue weighted by atomic mass is 35.5. The average molecular weight is 686 g/mol. The zero-order chi connectivity index (χ0) is 34.1. The maximum absolute atomic E-state index is 15.2. The number of nitrogens with zero attached hydrogens (tertiary/aromatic N) is 4. The summed E-state index contributed by atoms with van der Waals surface area (Å²) in [4.78, 5) is 50.9. The molecule has 0 saturated carbocycles. The van der Waals surface area contributed by atoms with E-state index in [0.29, 0.717) is 41.8 Å². The van der Waals surface area contributed by atoms with E-state index in [0.717, 1.165) is 85.1 Å². The van der Waals surface area contributed by atoms with Crippen molar-refractivity contribution in [1.82, 2.24) is 20.2 Å². The average Bonchev–Trinajstić information content (AvgIpc) is 3.54. The molecule has 4 amide bonds. The second-order valence-electron chi connectivity index (χ2n) is 13.2. The molecule has 256 valence electrons. The van der Waals surface area contributed by atoms with Crippen molar-refractivity contribution >= 4 is 57.5 Å². The number of carbonyl (C=O) groups is 3. The van der Waals surface area contributed by atoms with E-state index in [9.17, 15) is 14.4 Å². The maximum Gasteiger partial charge on any atom is 0.324 e. The molecule has 2 aromatic carbocycles. The lowest BCUT2D eigenvalue weighted by atomic mass is 9.93. The van der Waals surface area contributed by atoms with Gasteiger partial charge in [0.1, 0.15) is 17.5 Å². The van der Waals surface area contributed by atoms with Crippen molar-refractivity contribution in [3.63, 3.8) is 0 Å². The molecule has 10 nitrogen and oxygen atoms in total. The van der Waals surface area contributed by atoms with Crippen LogP contribution in [0.4, 0.5) is 26.2 Å². The fourth-order valence-corrected chi connectivity index (χ4v) is 7.72. The van der Waals surface area contributed by atoms with Crippen molar-refractivity contribution in [2.24, 2.45) is 5.92 Å². The molecule has 0 aliphatic carbocycles. The fraction of sp³-hybridized carbons (Fsp3) is 0.405. The molecular formula is C37H41ClFN7O3. The molecule has 3 fully saturated rings. The van der Waals surface area contributed by atoms with Gasteiger partial charge in [-0.1, -0.05) is 30.7 Å². The third kappa shape index (κ3) is 6.81. The Hall–Kier alpha value is -4.64. The molecule has 0 radical (unpaired) electrons. The number of aryl methyl sites for hydroxylation is 1. The summed E-state index contributed by atoms with van der Waals surface area (Å²) in [7, 11) is 0. The van der Waals surface area contributed by atoms with Gasteiger partial charge < -0.3 is 20.1 Å². The van der Waals surface area contributed by atoms with Gasteiger partial charge in [0.15, 0.2) is 0 Å². The number of amides is 4. The first kappa shape index (κ1) is 32.9. The largest absolute Gasteiger partial charge is 0.374 e. The number of benzene rings is 2. The number of halogens is 2. The number of nitrogens with one attached hydrogen (secondary N) is 3. The van der Waals surface area contributed by atoms with Crippen LogP contribution in [0.15, 0.2) is 54.9 Å². The Bertz CT molecular complexity index is 1890. The van der Waals surface area contributed by atoms with Crippen LogP contribution in [0, 0.1) is 11.7 Å². The molecule has 3 aliphatic heterocycles. The molecule has 4 aromatic rings. The number of fused-ring (bicyclic) bond motifs is 1. The highest BCUT2D eigenvalue weighted by Gasteiger charge is 2.30. The lowest BCUT2D eigenvalue weighted by Crippen LogP contribution is -2.50. The van der Waals surface area contributed by atoms with Crippen LogP contribution in [0.3, 0.4) is 0 Å². The van der Waals surface area contributed by atoms with Crippen molar-refractivity contribution < 1.29 is 18.8 Å².